The maximum atomic E-state index is 13.0. The van der Waals surface area contributed by atoms with E-state index in [9.17, 15) is 14.7 Å². The van der Waals surface area contributed by atoms with E-state index < -0.39 is 30.0 Å². The molecule has 8 heteroatoms. The Kier molecular flexibility index (Phi) is 4.25. The van der Waals surface area contributed by atoms with Crippen molar-refractivity contribution in [2.45, 2.75) is 18.8 Å². The molecule has 4 heterocycles. The number of rotatable bonds is 4. The van der Waals surface area contributed by atoms with Gasteiger partial charge in [-0.15, -0.1) is 0 Å². The zero-order chi connectivity index (χ0) is 19.3. The van der Waals surface area contributed by atoms with Crippen LogP contribution >= 0.6 is 0 Å². The lowest BCUT2D eigenvalue weighted by Crippen LogP contribution is -2.52. The number of piperazine rings is 1. The van der Waals surface area contributed by atoms with Gasteiger partial charge < -0.3 is 24.2 Å². The third kappa shape index (κ3) is 2.93. The molecule has 0 unspecified atom stereocenters. The van der Waals surface area contributed by atoms with E-state index in [2.05, 4.69) is 4.90 Å². The molecule has 0 radical (unpaired) electrons. The summed E-state index contributed by atoms with van der Waals surface area (Å²) >= 11 is 0. The van der Waals surface area contributed by atoms with Crippen LogP contribution in [-0.4, -0.2) is 72.0 Å². The summed E-state index contributed by atoms with van der Waals surface area (Å²) in [6.07, 6.45) is 2.69. The average molecular weight is 386 g/mol. The normalized spacial score (nSPS) is 30.8. The number of carbonyl (C=O) groups excluding carboxylic acids is 1. The molecule has 2 bridgehead atoms. The fourth-order valence-electron chi connectivity index (χ4n) is 4.53. The van der Waals surface area contributed by atoms with Crippen molar-refractivity contribution in [2.24, 2.45) is 11.8 Å². The zero-order valence-corrected chi connectivity index (χ0v) is 15.3. The lowest BCUT2D eigenvalue weighted by atomic mass is 9.82. The maximum absolute atomic E-state index is 13.0. The van der Waals surface area contributed by atoms with Gasteiger partial charge in [0.1, 0.15) is 5.92 Å². The molecule has 0 aromatic heterocycles. The number of amides is 1. The molecule has 1 N–H and O–H groups in total. The largest absolute Gasteiger partial charge is 0.481 e. The number of nitrogens with zero attached hydrogens (tertiary/aromatic N) is 2. The Morgan fingerprint density at radius 1 is 1.00 bits per heavy atom. The van der Waals surface area contributed by atoms with Gasteiger partial charge >= 0.3 is 5.97 Å². The van der Waals surface area contributed by atoms with E-state index >= 15 is 0 Å². The molecule has 0 aliphatic carbocycles. The van der Waals surface area contributed by atoms with Crippen molar-refractivity contribution in [1.82, 2.24) is 9.80 Å². The fourth-order valence-corrected chi connectivity index (χ4v) is 4.53. The van der Waals surface area contributed by atoms with Crippen molar-refractivity contribution < 1.29 is 28.9 Å². The molecule has 4 aliphatic rings. The van der Waals surface area contributed by atoms with Gasteiger partial charge in [0.15, 0.2) is 11.5 Å². The minimum absolute atomic E-state index is 0.105. The lowest BCUT2D eigenvalue weighted by molar-refractivity contribution is -0.150. The van der Waals surface area contributed by atoms with Gasteiger partial charge in [-0.1, -0.05) is 18.2 Å². The summed E-state index contributed by atoms with van der Waals surface area (Å²) in [5.74, 6) is -0.921. The summed E-state index contributed by atoms with van der Waals surface area (Å²) in [5.41, 5.74) is 1.14. The summed E-state index contributed by atoms with van der Waals surface area (Å²) in [5, 5.41) is 9.51. The standard InChI is InChI=1S/C20H22N2O6/c23-19(17-14-3-4-15(28-14)18(17)20(24)25)22-7-5-21(6-8-22)10-12-1-2-13-16(9-12)27-11-26-13/h1-4,9,14-15,17-18H,5-8,10-11H2,(H,24,25)/t14-,15+,17+,18-/m1/s1. The van der Waals surface area contributed by atoms with Crippen LogP contribution in [0.4, 0.5) is 0 Å². The molecule has 0 spiro atoms. The summed E-state index contributed by atoms with van der Waals surface area (Å²) in [7, 11) is 0. The molecule has 1 aromatic rings. The first kappa shape index (κ1) is 17.5. The van der Waals surface area contributed by atoms with Crippen LogP contribution in [0.25, 0.3) is 0 Å². The van der Waals surface area contributed by atoms with E-state index in [4.69, 9.17) is 14.2 Å². The first-order valence-electron chi connectivity index (χ1n) is 9.56. The minimum atomic E-state index is -0.961. The second-order valence-electron chi connectivity index (χ2n) is 7.63. The molecular formula is C20H22N2O6. The van der Waals surface area contributed by atoms with Crippen LogP contribution < -0.4 is 9.47 Å². The average Bonchev–Trinajstić information content (AvgIpc) is 3.43. The van der Waals surface area contributed by atoms with E-state index in [1.54, 1.807) is 11.0 Å². The molecule has 28 heavy (non-hydrogen) atoms. The molecule has 1 aromatic carbocycles. The van der Waals surface area contributed by atoms with E-state index in [1.807, 2.05) is 24.3 Å². The molecular weight excluding hydrogens is 364 g/mol. The van der Waals surface area contributed by atoms with Crippen molar-refractivity contribution in [3.05, 3.63) is 35.9 Å². The molecule has 5 rings (SSSR count). The van der Waals surface area contributed by atoms with Crippen LogP contribution in [0.3, 0.4) is 0 Å². The Bertz CT molecular complexity index is 832. The second-order valence-corrected chi connectivity index (χ2v) is 7.63. The molecule has 8 nitrogen and oxygen atoms in total. The monoisotopic (exact) mass is 386 g/mol. The molecule has 4 atom stereocenters. The first-order valence-corrected chi connectivity index (χ1v) is 9.56. The van der Waals surface area contributed by atoms with Crippen LogP contribution in [0, 0.1) is 11.8 Å². The fraction of sp³-hybridized carbons (Fsp3) is 0.500. The highest BCUT2D eigenvalue weighted by atomic mass is 16.7. The van der Waals surface area contributed by atoms with E-state index in [0.717, 1.165) is 36.7 Å². The quantitative estimate of drug-likeness (QED) is 0.763. The van der Waals surface area contributed by atoms with Crippen molar-refractivity contribution in [2.75, 3.05) is 33.0 Å². The van der Waals surface area contributed by atoms with Gasteiger partial charge in [-0.2, -0.15) is 0 Å². The van der Waals surface area contributed by atoms with Gasteiger partial charge in [-0.05, 0) is 17.7 Å². The van der Waals surface area contributed by atoms with Crippen molar-refractivity contribution >= 4 is 11.9 Å². The van der Waals surface area contributed by atoms with Gasteiger partial charge in [-0.25, -0.2) is 0 Å². The Labute approximate surface area is 162 Å². The first-order chi connectivity index (χ1) is 13.6. The summed E-state index contributed by atoms with van der Waals surface area (Å²) in [4.78, 5) is 28.7. The van der Waals surface area contributed by atoms with Crippen LogP contribution in [0.5, 0.6) is 11.5 Å². The predicted molar refractivity (Wildman–Crippen MR) is 96.8 cm³/mol. The molecule has 2 fully saturated rings. The van der Waals surface area contributed by atoms with Crippen molar-refractivity contribution in [1.29, 1.82) is 0 Å². The third-order valence-electron chi connectivity index (χ3n) is 6.00. The molecule has 0 saturated carbocycles. The van der Waals surface area contributed by atoms with E-state index in [-0.39, 0.29) is 12.7 Å². The summed E-state index contributed by atoms with van der Waals surface area (Å²) in [6.45, 7) is 3.71. The van der Waals surface area contributed by atoms with Crippen molar-refractivity contribution in [3.63, 3.8) is 0 Å². The van der Waals surface area contributed by atoms with Gasteiger partial charge in [0.05, 0.1) is 18.1 Å². The molecule has 4 aliphatic heterocycles. The van der Waals surface area contributed by atoms with Gasteiger partial charge in [-0.3, -0.25) is 14.5 Å². The number of carboxylic acids is 1. The van der Waals surface area contributed by atoms with Crippen LogP contribution in [-0.2, 0) is 20.9 Å². The highest BCUT2D eigenvalue weighted by Crippen LogP contribution is 2.40. The van der Waals surface area contributed by atoms with E-state index in [1.165, 1.54) is 0 Å². The number of ether oxygens (including phenoxy) is 3. The lowest BCUT2D eigenvalue weighted by Gasteiger charge is -2.37. The predicted octanol–water partition coefficient (Wildman–Crippen LogP) is 0.714. The number of benzene rings is 1. The van der Waals surface area contributed by atoms with Crippen LogP contribution in [0.15, 0.2) is 30.4 Å². The van der Waals surface area contributed by atoms with Crippen LogP contribution in [0.1, 0.15) is 5.56 Å². The second kappa shape index (κ2) is 6.79. The number of hydrogen-bond acceptors (Lipinski definition) is 6. The molecule has 2 saturated heterocycles. The van der Waals surface area contributed by atoms with Gasteiger partial charge in [0.25, 0.3) is 0 Å². The number of hydrogen-bond donors (Lipinski definition) is 1. The van der Waals surface area contributed by atoms with Gasteiger partial charge in [0.2, 0.25) is 12.7 Å². The number of carboxylic acid groups (broad SMARTS) is 1. The smallest absolute Gasteiger partial charge is 0.310 e. The minimum Gasteiger partial charge on any atom is -0.481 e. The maximum Gasteiger partial charge on any atom is 0.310 e. The summed E-state index contributed by atoms with van der Waals surface area (Å²) in [6, 6.07) is 5.95. The topological polar surface area (TPSA) is 88.5 Å². The highest BCUT2D eigenvalue weighted by molar-refractivity contribution is 5.87. The Morgan fingerprint density at radius 2 is 1.71 bits per heavy atom. The van der Waals surface area contributed by atoms with Crippen LogP contribution in [0.2, 0.25) is 0 Å². The molecule has 1 amide bonds. The number of aliphatic carboxylic acids is 1. The third-order valence-corrected chi connectivity index (χ3v) is 6.00. The Hall–Kier alpha value is -2.58. The van der Waals surface area contributed by atoms with Crippen molar-refractivity contribution in [3.8, 4) is 11.5 Å². The molecule has 148 valence electrons. The highest BCUT2D eigenvalue weighted by Gasteiger charge is 2.54. The van der Waals surface area contributed by atoms with E-state index in [0.29, 0.717) is 13.1 Å². The summed E-state index contributed by atoms with van der Waals surface area (Å²) < 4.78 is 16.4. The Balaban J connectivity index is 1.20. The zero-order valence-electron chi connectivity index (χ0n) is 15.3. The SMILES string of the molecule is O=C(O)[C@H]1[C@@H](C(=O)N2CCN(Cc3ccc4c(c3)OCO4)CC2)[C@H]2C=C[C@@H]1O2. The number of carbonyl (C=O) groups is 2. The Morgan fingerprint density at radius 3 is 2.46 bits per heavy atom. The number of fused-ring (bicyclic) bond motifs is 3. The van der Waals surface area contributed by atoms with Gasteiger partial charge in [0, 0.05) is 32.7 Å².